The van der Waals surface area contributed by atoms with Crippen LogP contribution in [0, 0.1) is 0 Å². The maximum atomic E-state index is 4.93. The second-order valence-electron chi connectivity index (χ2n) is 12.2. The molecule has 4 heterocycles. The van der Waals surface area contributed by atoms with Crippen LogP contribution < -0.4 is 10.2 Å². The lowest BCUT2D eigenvalue weighted by Gasteiger charge is -2.29. The van der Waals surface area contributed by atoms with Crippen LogP contribution in [-0.2, 0) is 0 Å². The Bertz CT molecular complexity index is 2500. The summed E-state index contributed by atoms with van der Waals surface area (Å²) in [5, 5.41) is 8.64. The summed E-state index contributed by atoms with van der Waals surface area (Å²) in [6, 6.07) is 48.8. The van der Waals surface area contributed by atoms with Crippen molar-refractivity contribution in [1.82, 2.24) is 15.0 Å². The Morgan fingerprint density at radius 2 is 1.12 bits per heavy atom. The minimum absolute atomic E-state index is 0.140. The molecule has 0 amide bonds. The van der Waals surface area contributed by atoms with Gasteiger partial charge in [0.1, 0.15) is 11.2 Å². The van der Waals surface area contributed by atoms with E-state index in [9.17, 15) is 0 Å². The number of rotatable bonds is 4. The van der Waals surface area contributed by atoms with Gasteiger partial charge in [0.05, 0.1) is 11.4 Å². The maximum Gasteiger partial charge on any atom is 0.164 e. The number of benzene rings is 6. The zero-order valence-corrected chi connectivity index (χ0v) is 26.5. The van der Waals surface area contributed by atoms with Crippen molar-refractivity contribution in [1.29, 1.82) is 0 Å². The van der Waals surface area contributed by atoms with Gasteiger partial charge in [0, 0.05) is 26.8 Å². The van der Waals surface area contributed by atoms with E-state index in [-0.39, 0.29) is 6.17 Å². The average molecular weight is 634 g/mol. The van der Waals surface area contributed by atoms with Crippen molar-refractivity contribution >= 4 is 54.6 Å². The van der Waals surface area contributed by atoms with Crippen LogP contribution >= 0.6 is 11.3 Å². The van der Waals surface area contributed by atoms with Gasteiger partial charge in [0.15, 0.2) is 17.5 Å². The lowest BCUT2D eigenvalue weighted by atomic mass is 9.99. The summed E-state index contributed by atoms with van der Waals surface area (Å²) in [6.45, 7) is 0. The Balaban J connectivity index is 1.02. The Morgan fingerprint density at radius 1 is 0.542 bits per heavy atom. The number of hydrogen-bond acceptors (Lipinski definition) is 6. The first-order valence-electron chi connectivity index (χ1n) is 16.1. The van der Waals surface area contributed by atoms with Crippen LogP contribution in [0.4, 0.5) is 16.4 Å². The smallest absolute Gasteiger partial charge is 0.164 e. The van der Waals surface area contributed by atoms with Crippen molar-refractivity contribution in [3.05, 3.63) is 151 Å². The Labute approximate surface area is 281 Å². The van der Waals surface area contributed by atoms with Gasteiger partial charge in [0.2, 0.25) is 0 Å². The summed E-state index contributed by atoms with van der Waals surface area (Å²) in [4.78, 5) is 17.1. The normalized spacial score (nSPS) is 14.5. The highest BCUT2D eigenvalue weighted by molar-refractivity contribution is 7.24. The molecule has 2 aromatic heterocycles. The van der Waals surface area contributed by atoms with E-state index in [1.165, 1.54) is 48.5 Å². The predicted molar refractivity (Wildman–Crippen MR) is 199 cm³/mol. The van der Waals surface area contributed by atoms with Gasteiger partial charge < -0.3 is 10.2 Å². The summed E-state index contributed by atoms with van der Waals surface area (Å²) >= 11 is 1.85. The van der Waals surface area contributed by atoms with Gasteiger partial charge in [-0.25, -0.2) is 15.0 Å². The zero-order valence-electron chi connectivity index (χ0n) is 25.7. The van der Waals surface area contributed by atoms with Gasteiger partial charge in [-0.2, -0.15) is 0 Å². The number of thiophene rings is 1. The molecule has 0 fully saturated rings. The molecule has 2 aliphatic rings. The molecule has 0 aliphatic carbocycles. The zero-order chi connectivity index (χ0) is 31.6. The first kappa shape index (κ1) is 27.0. The van der Waals surface area contributed by atoms with Crippen LogP contribution in [0.25, 0.3) is 72.2 Å². The van der Waals surface area contributed by atoms with Crippen LogP contribution in [0.5, 0.6) is 0 Å². The number of anilines is 3. The minimum atomic E-state index is 0.140. The van der Waals surface area contributed by atoms with Crippen LogP contribution in [0.15, 0.2) is 146 Å². The molecule has 5 nitrogen and oxygen atoms in total. The van der Waals surface area contributed by atoms with Gasteiger partial charge in [-0.15, -0.1) is 11.3 Å². The Morgan fingerprint density at radius 3 is 1.85 bits per heavy atom. The molecule has 0 radical (unpaired) electrons. The van der Waals surface area contributed by atoms with E-state index in [1.54, 1.807) is 0 Å². The number of para-hydroxylation sites is 1. The van der Waals surface area contributed by atoms with Crippen molar-refractivity contribution in [2.45, 2.75) is 6.17 Å². The van der Waals surface area contributed by atoms with E-state index in [0.29, 0.717) is 17.5 Å². The van der Waals surface area contributed by atoms with Crippen molar-refractivity contribution in [3.8, 4) is 45.3 Å². The fourth-order valence-electron chi connectivity index (χ4n) is 6.85. The molecule has 1 atom stereocenters. The molecular formula is C42H27N5S. The number of aromatic nitrogens is 3. The van der Waals surface area contributed by atoms with Crippen LogP contribution in [0.1, 0.15) is 5.56 Å². The number of nitrogens with zero attached hydrogens (tertiary/aromatic N) is 4. The molecule has 6 aromatic carbocycles. The summed E-state index contributed by atoms with van der Waals surface area (Å²) in [6.07, 6.45) is 4.62. The monoisotopic (exact) mass is 633 g/mol. The first-order valence-corrected chi connectivity index (χ1v) is 16.9. The standard InChI is InChI=1S/C42H27N5S/c1-3-10-27(11-4-1)39-44-40(28-12-5-2-6-13-28)46-41(45-39)33-18-17-29-23-30(15-16-31(29)24-33)32-19-21-36-34(25-32)38-42(48-36)47-35-14-8-7-9-26(35)20-22-37(47)43-38/h1-25,37,43H. The van der Waals surface area contributed by atoms with Crippen LogP contribution in [0.2, 0.25) is 0 Å². The number of hydrogen-bond donors (Lipinski definition) is 1. The summed E-state index contributed by atoms with van der Waals surface area (Å²) in [7, 11) is 0. The molecule has 2 aliphatic heterocycles. The SMILES string of the molecule is C1=CC2Nc3c(sc4ccc(-c5ccc6cc(-c7nc(-c8ccccc8)nc(-c8ccccc8)n7)ccc6c5)cc34)N2c2ccccc21. The Kier molecular flexibility index (Phi) is 6.04. The van der Waals surface area contributed by atoms with E-state index in [1.807, 2.05) is 72.0 Å². The highest BCUT2D eigenvalue weighted by Gasteiger charge is 2.34. The summed E-state index contributed by atoms with van der Waals surface area (Å²) < 4.78 is 1.29. The first-order chi connectivity index (χ1) is 23.7. The number of fused-ring (bicyclic) bond motifs is 8. The molecule has 0 saturated heterocycles. The maximum absolute atomic E-state index is 4.93. The highest BCUT2D eigenvalue weighted by atomic mass is 32.1. The van der Waals surface area contributed by atoms with Gasteiger partial charge in [-0.3, -0.25) is 0 Å². The van der Waals surface area contributed by atoms with E-state index >= 15 is 0 Å². The molecule has 6 heteroatoms. The lowest BCUT2D eigenvalue weighted by molar-refractivity contribution is 0.923. The molecule has 0 saturated carbocycles. The summed E-state index contributed by atoms with van der Waals surface area (Å²) in [5.74, 6) is 1.98. The second kappa shape index (κ2) is 10.7. The molecule has 0 bridgehead atoms. The predicted octanol–water partition coefficient (Wildman–Crippen LogP) is 10.8. The topological polar surface area (TPSA) is 53.9 Å². The van der Waals surface area contributed by atoms with Gasteiger partial charge in [-0.05, 0) is 63.9 Å². The summed E-state index contributed by atoms with van der Waals surface area (Å²) in [5.41, 5.74) is 9.00. The largest absolute Gasteiger partial charge is 0.359 e. The van der Waals surface area contributed by atoms with Crippen LogP contribution in [-0.4, -0.2) is 21.1 Å². The molecule has 1 unspecified atom stereocenters. The average Bonchev–Trinajstić information content (AvgIpc) is 3.71. The van der Waals surface area contributed by atoms with E-state index in [0.717, 1.165) is 22.1 Å². The lowest BCUT2D eigenvalue weighted by Crippen LogP contribution is -2.31. The molecular weight excluding hydrogens is 607 g/mol. The van der Waals surface area contributed by atoms with E-state index < -0.39 is 0 Å². The molecule has 0 spiro atoms. The second-order valence-corrected chi connectivity index (χ2v) is 13.2. The highest BCUT2D eigenvalue weighted by Crippen LogP contribution is 2.53. The molecule has 226 valence electrons. The van der Waals surface area contributed by atoms with Gasteiger partial charge in [0.25, 0.3) is 0 Å². The van der Waals surface area contributed by atoms with E-state index in [4.69, 9.17) is 15.0 Å². The Hall–Kier alpha value is -6.11. The third kappa shape index (κ3) is 4.42. The van der Waals surface area contributed by atoms with Crippen molar-refractivity contribution in [3.63, 3.8) is 0 Å². The fourth-order valence-corrected chi connectivity index (χ4v) is 8.05. The van der Waals surface area contributed by atoms with Crippen molar-refractivity contribution in [2.24, 2.45) is 0 Å². The quantitative estimate of drug-likeness (QED) is 0.209. The van der Waals surface area contributed by atoms with Crippen molar-refractivity contribution in [2.75, 3.05) is 10.2 Å². The third-order valence-electron chi connectivity index (χ3n) is 9.24. The molecule has 48 heavy (non-hydrogen) atoms. The van der Waals surface area contributed by atoms with E-state index in [2.05, 4.69) is 101 Å². The van der Waals surface area contributed by atoms with Crippen LogP contribution in [0.3, 0.4) is 0 Å². The fraction of sp³-hybridized carbons (Fsp3) is 0.0238. The van der Waals surface area contributed by atoms with Crippen molar-refractivity contribution < 1.29 is 0 Å². The molecule has 10 rings (SSSR count). The third-order valence-corrected chi connectivity index (χ3v) is 10.4. The molecule has 8 aromatic rings. The molecule has 1 N–H and O–H groups in total. The van der Waals surface area contributed by atoms with Gasteiger partial charge in [-0.1, -0.05) is 115 Å². The minimum Gasteiger partial charge on any atom is -0.359 e. The van der Waals surface area contributed by atoms with Gasteiger partial charge >= 0.3 is 0 Å². The number of nitrogens with one attached hydrogen (secondary N) is 1.